The standard InChI is InChI=1S/C54H114O13Si6/c1-68(2,3)63-70(7,47-39-31-23-15-11-19-27-35-43-51(55)56)65-72(9,49-41-33-25-17-13-21-29-37-45-53(59)60)67-73(10,50-42-34-26-18-14-22-30-38-46-54(61)62)66-71(8,64-69(4,5)6)48-40-32-24-16-12-20-28-36-44-52(57)58/h11-50H2,1-10H3,(H,55,56)(H,57,58)(H,59,60)(H,61,62). The monoisotopic (exact) mass is 1140 g/mol. The van der Waals surface area contributed by atoms with Crippen LogP contribution in [0.25, 0.3) is 0 Å². The number of carboxylic acids is 4. The molecule has 0 radical (unpaired) electrons. The van der Waals surface area contributed by atoms with E-state index < -0.39 is 74.8 Å². The van der Waals surface area contributed by atoms with E-state index in [0.29, 0.717) is 0 Å². The molecule has 0 aromatic rings. The molecule has 432 valence electrons. The Bertz CT molecular complexity index is 1350. The summed E-state index contributed by atoms with van der Waals surface area (Å²) >= 11 is 0. The maximum absolute atomic E-state index is 11.0. The van der Waals surface area contributed by atoms with Crippen LogP contribution in [0.5, 0.6) is 0 Å². The van der Waals surface area contributed by atoms with E-state index in [1.807, 2.05) is 0 Å². The third kappa shape index (κ3) is 46.8. The average Bonchev–Trinajstić information content (AvgIpc) is 3.24. The summed E-state index contributed by atoms with van der Waals surface area (Å²) in [5.41, 5.74) is 0. The highest BCUT2D eigenvalue weighted by atomic mass is 28.5. The SMILES string of the molecule is C[Si](C)(C)O[Si](C)(CCCCCCCCCCC(=O)O)O[Si](C)(CCCCCCCCCCC(=O)O)O[Si](C)(CCCCCCCCCCC(=O)O)O[Si](C)(CCCCCCCCCCC(=O)O)O[Si](C)(C)C. The quantitative estimate of drug-likeness (QED) is 0.0332. The number of carboxylic acid groups (broad SMARTS) is 4. The second kappa shape index (κ2) is 41.1. The van der Waals surface area contributed by atoms with E-state index in [9.17, 15) is 19.2 Å². The fourth-order valence-corrected chi connectivity index (χ4v) is 40.6. The number of unbranched alkanes of at least 4 members (excludes halogenated alkanes) is 28. The van der Waals surface area contributed by atoms with Gasteiger partial charge in [-0.15, -0.1) is 0 Å². The summed E-state index contributed by atoms with van der Waals surface area (Å²) < 4.78 is 37.7. The number of hydrogen-bond donors (Lipinski definition) is 4. The van der Waals surface area contributed by atoms with Crippen LogP contribution in [-0.4, -0.2) is 95.2 Å². The van der Waals surface area contributed by atoms with E-state index in [0.717, 1.165) is 230 Å². The lowest BCUT2D eigenvalue weighted by Crippen LogP contribution is -2.62. The van der Waals surface area contributed by atoms with Gasteiger partial charge in [0.25, 0.3) is 0 Å². The van der Waals surface area contributed by atoms with Crippen LogP contribution in [0.3, 0.4) is 0 Å². The molecule has 13 nitrogen and oxygen atoms in total. The van der Waals surface area contributed by atoms with Gasteiger partial charge < -0.3 is 41.0 Å². The third-order valence-corrected chi connectivity index (χ3v) is 37.2. The Morgan fingerprint density at radius 3 is 0.521 bits per heavy atom. The summed E-state index contributed by atoms with van der Waals surface area (Å²) in [6.45, 7) is 22.9. The van der Waals surface area contributed by atoms with Crippen molar-refractivity contribution >= 4 is 74.8 Å². The summed E-state index contributed by atoms with van der Waals surface area (Å²) in [5, 5.41) is 36.1. The smallest absolute Gasteiger partial charge is 0.317 e. The Labute approximate surface area is 453 Å². The first-order chi connectivity index (χ1) is 34.2. The molecule has 0 aromatic carbocycles. The van der Waals surface area contributed by atoms with Crippen LogP contribution in [0.4, 0.5) is 0 Å². The van der Waals surface area contributed by atoms with Gasteiger partial charge >= 0.3 is 58.1 Å². The summed E-state index contributed by atoms with van der Waals surface area (Å²) in [5.74, 6) is -2.85. The van der Waals surface area contributed by atoms with Crippen LogP contribution < -0.4 is 0 Å². The van der Waals surface area contributed by atoms with Crippen LogP contribution >= 0.6 is 0 Å². The van der Waals surface area contributed by atoms with Crippen molar-refractivity contribution in [3.8, 4) is 0 Å². The highest BCUT2D eigenvalue weighted by molar-refractivity contribution is 6.92. The first kappa shape index (κ1) is 72.0. The minimum Gasteiger partial charge on any atom is -0.481 e. The summed E-state index contributed by atoms with van der Waals surface area (Å²) in [4.78, 5) is 43.8. The highest BCUT2D eigenvalue weighted by Crippen LogP contribution is 2.37. The largest absolute Gasteiger partial charge is 0.481 e. The lowest BCUT2D eigenvalue weighted by molar-refractivity contribution is -0.138. The van der Waals surface area contributed by atoms with Gasteiger partial charge in [0.1, 0.15) is 0 Å². The zero-order valence-electron chi connectivity index (χ0n) is 48.7. The average molecular weight is 1140 g/mol. The van der Waals surface area contributed by atoms with Gasteiger partial charge in [-0.05, 0) is 115 Å². The Morgan fingerprint density at radius 2 is 0.370 bits per heavy atom. The third-order valence-electron chi connectivity index (χ3n) is 13.4. The Morgan fingerprint density at radius 1 is 0.233 bits per heavy atom. The number of hydrogen-bond acceptors (Lipinski definition) is 9. The first-order valence-electron chi connectivity index (χ1n) is 29.6. The van der Waals surface area contributed by atoms with Crippen molar-refractivity contribution in [2.45, 2.75) is 321 Å². The predicted octanol–water partition coefficient (Wildman–Crippen LogP) is 17.4. The van der Waals surface area contributed by atoms with E-state index in [2.05, 4.69) is 65.5 Å². The van der Waals surface area contributed by atoms with Crippen molar-refractivity contribution in [1.82, 2.24) is 0 Å². The highest BCUT2D eigenvalue weighted by Gasteiger charge is 2.52. The molecule has 4 N–H and O–H groups in total. The molecule has 0 bridgehead atoms. The van der Waals surface area contributed by atoms with Crippen molar-refractivity contribution in [2.75, 3.05) is 0 Å². The molecule has 0 amide bonds. The van der Waals surface area contributed by atoms with Gasteiger partial charge in [0.2, 0.25) is 0 Å². The molecule has 0 saturated carbocycles. The van der Waals surface area contributed by atoms with Gasteiger partial charge in [-0.3, -0.25) is 19.2 Å². The second-order valence-electron chi connectivity index (χ2n) is 24.2. The Hall–Kier alpha value is -1.02. The lowest BCUT2D eigenvalue weighted by Gasteiger charge is -2.46. The molecular formula is C54H114O13Si6. The lowest BCUT2D eigenvalue weighted by atomic mass is 10.1. The molecule has 0 heterocycles. The molecule has 73 heavy (non-hydrogen) atoms. The normalized spacial score (nSPS) is 15.6. The van der Waals surface area contributed by atoms with Gasteiger partial charge in [0, 0.05) is 25.7 Å². The topological polar surface area (TPSA) is 195 Å². The summed E-state index contributed by atoms with van der Waals surface area (Å²) in [6, 6.07) is 3.60. The molecule has 0 spiro atoms. The molecule has 0 aliphatic rings. The fourth-order valence-electron chi connectivity index (χ4n) is 10.3. The fraction of sp³-hybridized carbons (Fsp3) is 0.926. The Balaban J connectivity index is 6.54. The maximum atomic E-state index is 11.0. The minimum absolute atomic E-state index is 0.250. The molecule has 0 aromatic heterocycles. The van der Waals surface area contributed by atoms with Crippen LogP contribution in [0.15, 0.2) is 0 Å². The van der Waals surface area contributed by atoms with Gasteiger partial charge in [-0.25, -0.2) is 0 Å². The molecular weight excluding hydrogens is 1030 g/mol. The maximum Gasteiger partial charge on any atom is 0.317 e. The van der Waals surface area contributed by atoms with Crippen LogP contribution in [0.1, 0.15) is 231 Å². The molecule has 19 heteroatoms. The van der Waals surface area contributed by atoms with Crippen molar-refractivity contribution in [1.29, 1.82) is 0 Å². The van der Waals surface area contributed by atoms with Gasteiger partial charge in [0.05, 0.1) is 0 Å². The van der Waals surface area contributed by atoms with Crippen molar-refractivity contribution < 1.29 is 60.2 Å². The molecule has 0 saturated heterocycles. The van der Waals surface area contributed by atoms with Gasteiger partial charge in [-0.2, -0.15) is 0 Å². The summed E-state index contributed by atoms with van der Waals surface area (Å²) in [7, 11) is -15.4. The van der Waals surface area contributed by atoms with E-state index in [1.54, 1.807) is 0 Å². The molecule has 0 fully saturated rings. The predicted molar refractivity (Wildman–Crippen MR) is 315 cm³/mol. The van der Waals surface area contributed by atoms with Crippen molar-refractivity contribution in [2.24, 2.45) is 0 Å². The van der Waals surface area contributed by atoms with Crippen LogP contribution in [0.2, 0.25) is 89.6 Å². The van der Waals surface area contributed by atoms with Gasteiger partial charge in [-0.1, -0.05) is 180 Å². The zero-order chi connectivity index (χ0) is 55.1. The van der Waals surface area contributed by atoms with E-state index in [1.165, 1.54) is 0 Å². The number of aliphatic carboxylic acids is 4. The van der Waals surface area contributed by atoms with Crippen molar-refractivity contribution in [3.05, 3.63) is 0 Å². The molecule has 4 unspecified atom stereocenters. The zero-order valence-corrected chi connectivity index (χ0v) is 54.7. The van der Waals surface area contributed by atoms with Crippen molar-refractivity contribution in [3.63, 3.8) is 0 Å². The summed E-state index contributed by atoms with van der Waals surface area (Å²) in [6.07, 6.45) is 34.5. The molecule has 4 atom stereocenters. The van der Waals surface area contributed by atoms with Gasteiger partial charge in [0.15, 0.2) is 16.6 Å². The van der Waals surface area contributed by atoms with E-state index >= 15 is 0 Å². The van der Waals surface area contributed by atoms with Crippen LogP contribution in [0, 0.1) is 0 Å². The number of rotatable bonds is 54. The molecule has 0 aliphatic heterocycles. The molecule has 0 aliphatic carbocycles. The molecule has 0 rings (SSSR count). The second-order valence-corrected chi connectivity index (χ2v) is 47.8. The van der Waals surface area contributed by atoms with Crippen LogP contribution in [-0.2, 0) is 39.8 Å². The Kier molecular flexibility index (Phi) is 40.5. The minimum atomic E-state index is -2.95. The van der Waals surface area contributed by atoms with E-state index in [-0.39, 0.29) is 25.7 Å². The first-order valence-corrected chi connectivity index (χ1v) is 46.5. The van der Waals surface area contributed by atoms with E-state index in [4.69, 9.17) is 41.0 Å². The number of carbonyl (C=O) groups is 4.